The van der Waals surface area contributed by atoms with Crippen LogP contribution in [0.3, 0.4) is 0 Å². The number of guanidine groups is 1. The highest BCUT2D eigenvalue weighted by Crippen LogP contribution is 2.31. The van der Waals surface area contributed by atoms with Crippen molar-refractivity contribution in [2.75, 3.05) is 31.6 Å². The fourth-order valence-electron chi connectivity index (χ4n) is 2.96. The number of carbonyl (C=O) groups excluding carboxylic acids is 1. The highest BCUT2D eigenvalue weighted by Gasteiger charge is 2.24. The normalized spacial score (nSPS) is 13.9. The fraction of sp³-hybridized carbons (Fsp3) is 0.476. The highest BCUT2D eigenvalue weighted by atomic mass is 127. The van der Waals surface area contributed by atoms with Gasteiger partial charge in [0, 0.05) is 25.6 Å². The van der Waals surface area contributed by atoms with E-state index in [1.54, 1.807) is 18.1 Å². The summed E-state index contributed by atoms with van der Waals surface area (Å²) in [4.78, 5) is 22.5. The molecule has 1 aromatic heterocycles. The number of rotatable bonds is 6. The van der Waals surface area contributed by atoms with Gasteiger partial charge in [-0.2, -0.15) is 0 Å². The molecule has 30 heavy (non-hydrogen) atoms. The summed E-state index contributed by atoms with van der Waals surface area (Å²) in [7, 11) is 1.72. The molecule has 0 saturated heterocycles. The van der Waals surface area contributed by atoms with Crippen LogP contribution in [0.15, 0.2) is 39.9 Å². The molecule has 0 fully saturated rings. The summed E-state index contributed by atoms with van der Waals surface area (Å²) in [6.07, 6.45) is 2.54. The van der Waals surface area contributed by atoms with Gasteiger partial charge in [0.15, 0.2) is 12.6 Å². The lowest BCUT2D eigenvalue weighted by molar-refractivity contribution is -0.121. The summed E-state index contributed by atoms with van der Waals surface area (Å²) in [5.41, 5.74) is 0.755. The number of carbonyl (C=O) groups is 1. The van der Waals surface area contributed by atoms with Gasteiger partial charge in [0.2, 0.25) is 5.89 Å². The first-order chi connectivity index (χ1) is 13.9. The summed E-state index contributed by atoms with van der Waals surface area (Å²) in [6, 6.07) is 7.60. The van der Waals surface area contributed by atoms with Gasteiger partial charge in [-0.05, 0) is 18.6 Å². The van der Waals surface area contributed by atoms with E-state index in [4.69, 9.17) is 9.15 Å². The number of hydrogen-bond donors (Lipinski definition) is 2. The number of amides is 1. The second-order valence-corrected chi connectivity index (χ2v) is 7.88. The third-order valence-corrected chi connectivity index (χ3v) is 4.58. The van der Waals surface area contributed by atoms with Gasteiger partial charge in [0.05, 0.1) is 18.4 Å². The van der Waals surface area contributed by atoms with Crippen LogP contribution in [0.25, 0.3) is 0 Å². The number of oxazole rings is 1. The number of nitrogens with one attached hydrogen (secondary N) is 2. The second kappa shape index (κ2) is 10.6. The highest BCUT2D eigenvalue weighted by molar-refractivity contribution is 14.0. The molecule has 1 amide bonds. The molecule has 164 valence electrons. The van der Waals surface area contributed by atoms with Crippen LogP contribution in [0.1, 0.15) is 38.8 Å². The van der Waals surface area contributed by atoms with E-state index in [2.05, 4.69) is 41.4 Å². The van der Waals surface area contributed by atoms with Crippen molar-refractivity contribution >= 4 is 41.5 Å². The first-order valence-electron chi connectivity index (χ1n) is 9.80. The molecule has 1 aromatic carbocycles. The molecule has 0 spiro atoms. The molecule has 1 aliphatic rings. The molecule has 0 atom stereocenters. The second-order valence-electron chi connectivity index (χ2n) is 7.88. The van der Waals surface area contributed by atoms with E-state index in [0.29, 0.717) is 31.5 Å². The molecule has 0 bridgehead atoms. The minimum atomic E-state index is -0.0687. The lowest BCUT2D eigenvalue weighted by Crippen LogP contribution is -2.42. The Morgan fingerprint density at radius 1 is 1.27 bits per heavy atom. The Balaban J connectivity index is 0.00000320. The Bertz CT molecular complexity index is 876. The minimum Gasteiger partial charge on any atom is -0.482 e. The smallest absolute Gasteiger partial charge is 0.265 e. The molecule has 0 unspecified atom stereocenters. The average Bonchev–Trinajstić information content (AvgIpc) is 3.18. The lowest BCUT2D eigenvalue weighted by Gasteiger charge is -2.29. The van der Waals surface area contributed by atoms with Crippen LogP contribution < -0.4 is 20.3 Å². The standard InChI is InChI=1S/C21H29N5O3.HI/c1-21(2,3)17-12-24-18(29-17)13-25-20(22-4)23-10-7-11-26-15-8-5-6-9-16(15)28-14-19(26)27;/h5-6,8-9,12H,7,10-11,13-14H2,1-4H3,(H2,22,23,25);1H. The lowest BCUT2D eigenvalue weighted by atomic mass is 9.94. The van der Waals surface area contributed by atoms with Crippen molar-refractivity contribution in [3.63, 3.8) is 0 Å². The first-order valence-corrected chi connectivity index (χ1v) is 9.80. The first kappa shape index (κ1) is 24.0. The van der Waals surface area contributed by atoms with Gasteiger partial charge in [0.1, 0.15) is 11.5 Å². The van der Waals surface area contributed by atoms with Crippen molar-refractivity contribution in [2.45, 2.75) is 39.2 Å². The van der Waals surface area contributed by atoms with Crippen LogP contribution in [0.2, 0.25) is 0 Å². The Kier molecular flexibility index (Phi) is 8.51. The molecule has 8 nitrogen and oxygen atoms in total. The van der Waals surface area contributed by atoms with Gasteiger partial charge in [-0.25, -0.2) is 4.98 Å². The van der Waals surface area contributed by atoms with E-state index in [9.17, 15) is 4.79 Å². The maximum absolute atomic E-state index is 12.2. The molecule has 0 saturated carbocycles. The van der Waals surface area contributed by atoms with Crippen molar-refractivity contribution < 1.29 is 13.9 Å². The zero-order chi connectivity index (χ0) is 20.9. The van der Waals surface area contributed by atoms with E-state index in [1.165, 1.54) is 0 Å². The van der Waals surface area contributed by atoms with E-state index in [-0.39, 0.29) is 41.9 Å². The van der Waals surface area contributed by atoms with Gasteiger partial charge in [-0.15, -0.1) is 24.0 Å². The largest absolute Gasteiger partial charge is 0.482 e. The molecule has 2 N–H and O–H groups in total. The van der Waals surface area contributed by atoms with Crippen molar-refractivity contribution in [3.05, 3.63) is 42.1 Å². The third kappa shape index (κ3) is 6.10. The maximum atomic E-state index is 12.2. The SMILES string of the molecule is CN=C(NCCCN1C(=O)COc2ccccc21)NCc1ncc(C(C)(C)C)o1.I. The molecule has 2 heterocycles. The topological polar surface area (TPSA) is 92.0 Å². The number of halogens is 1. The van der Waals surface area contributed by atoms with Crippen LogP contribution in [0.5, 0.6) is 5.75 Å². The quantitative estimate of drug-likeness (QED) is 0.260. The summed E-state index contributed by atoms with van der Waals surface area (Å²) in [6.45, 7) is 8.07. The number of hydrogen-bond acceptors (Lipinski definition) is 5. The average molecular weight is 527 g/mol. The summed E-state index contributed by atoms with van der Waals surface area (Å²) >= 11 is 0. The number of anilines is 1. The molecular weight excluding hydrogens is 497 g/mol. The molecule has 3 rings (SSSR count). The molecule has 0 aliphatic carbocycles. The summed E-state index contributed by atoms with van der Waals surface area (Å²) in [5, 5.41) is 6.45. The van der Waals surface area contributed by atoms with Gasteiger partial charge in [-0.1, -0.05) is 32.9 Å². The van der Waals surface area contributed by atoms with E-state index in [0.717, 1.165) is 23.6 Å². The third-order valence-electron chi connectivity index (χ3n) is 4.58. The number of nitrogens with zero attached hydrogens (tertiary/aromatic N) is 3. The maximum Gasteiger partial charge on any atom is 0.265 e. The van der Waals surface area contributed by atoms with Crippen LogP contribution in [0.4, 0.5) is 5.69 Å². The van der Waals surface area contributed by atoms with Gasteiger partial charge < -0.3 is 24.7 Å². The van der Waals surface area contributed by atoms with Crippen LogP contribution >= 0.6 is 24.0 Å². The van der Waals surface area contributed by atoms with Crippen molar-refractivity contribution in [1.29, 1.82) is 0 Å². The van der Waals surface area contributed by atoms with E-state index >= 15 is 0 Å². The number of benzene rings is 1. The van der Waals surface area contributed by atoms with E-state index < -0.39 is 0 Å². The Morgan fingerprint density at radius 3 is 2.73 bits per heavy atom. The monoisotopic (exact) mass is 527 g/mol. The zero-order valence-electron chi connectivity index (χ0n) is 17.9. The van der Waals surface area contributed by atoms with Crippen LogP contribution in [0, 0.1) is 0 Å². The van der Waals surface area contributed by atoms with Gasteiger partial charge >= 0.3 is 0 Å². The molecule has 9 heteroatoms. The van der Waals surface area contributed by atoms with Crippen molar-refractivity contribution in [3.8, 4) is 5.75 Å². The van der Waals surface area contributed by atoms with Crippen LogP contribution in [-0.2, 0) is 16.8 Å². The summed E-state index contributed by atoms with van der Waals surface area (Å²) < 4.78 is 11.3. The molecular formula is C21H30IN5O3. The molecule has 0 radical (unpaired) electrons. The Labute approximate surface area is 194 Å². The van der Waals surface area contributed by atoms with E-state index in [1.807, 2.05) is 24.3 Å². The Morgan fingerprint density at radius 2 is 2.03 bits per heavy atom. The van der Waals surface area contributed by atoms with Crippen molar-refractivity contribution in [1.82, 2.24) is 15.6 Å². The summed E-state index contributed by atoms with van der Waals surface area (Å²) in [5.74, 6) is 2.86. The number of ether oxygens (including phenoxy) is 1. The molecule has 1 aliphatic heterocycles. The number of fused-ring (bicyclic) bond motifs is 1. The number of para-hydroxylation sites is 2. The number of aromatic nitrogens is 1. The zero-order valence-corrected chi connectivity index (χ0v) is 20.2. The predicted molar refractivity (Wildman–Crippen MR) is 128 cm³/mol. The van der Waals surface area contributed by atoms with Gasteiger partial charge in [0.25, 0.3) is 5.91 Å². The number of aliphatic imine (C=N–C) groups is 1. The van der Waals surface area contributed by atoms with Gasteiger partial charge in [-0.3, -0.25) is 9.79 Å². The fourth-order valence-corrected chi connectivity index (χ4v) is 2.96. The predicted octanol–water partition coefficient (Wildman–Crippen LogP) is 3.07. The van der Waals surface area contributed by atoms with Crippen LogP contribution in [-0.4, -0.2) is 43.6 Å². The Hall–Kier alpha value is -2.30. The van der Waals surface area contributed by atoms with Crippen molar-refractivity contribution in [2.24, 2.45) is 4.99 Å². The molecule has 2 aromatic rings. The minimum absolute atomic E-state index is 0.